The number of nitrogens with zero attached hydrogens (tertiary/aromatic N) is 3. The summed E-state index contributed by atoms with van der Waals surface area (Å²) in [5.74, 6) is 0.0641. The number of likely N-dealkylation sites (tertiary alicyclic amines) is 1. The van der Waals surface area contributed by atoms with Gasteiger partial charge in [0.2, 0.25) is 5.91 Å². The molecule has 40 heavy (non-hydrogen) atoms. The number of benzene rings is 2. The molecule has 3 heterocycles. The Labute approximate surface area is 239 Å². The Hall–Kier alpha value is -2.53. The Morgan fingerprint density at radius 1 is 1.18 bits per heavy atom. The third-order valence-corrected chi connectivity index (χ3v) is 9.08. The first-order valence-electron chi connectivity index (χ1n) is 13.3. The number of piperidine rings is 1. The highest BCUT2D eigenvalue weighted by atomic mass is 35.5. The Kier molecular flexibility index (Phi) is 6.76. The van der Waals surface area contributed by atoms with Gasteiger partial charge in [-0.3, -0.25) is 9.69 Å². The molecule has 12 heteroatoms. The molecule has 0 unspecified atom stereocenters. The van der Waals surface area contributed by atoms with Gasteiger partial charge in [-0.1, -0.05) is 23.2 Å². The van der Waals surface area contributed by atoms with Crippen molar-refractivity contribution in [3.8, 4) is 5.75 Å². The number of amides is 1. The van der Waals surface area contributed by atoms with Crippen LogP contribution in [-0.2, 0) is 17.4 Å². The fourth-order valence-corrected chi connectivity index (χ4v) is 6.95. The van der Waals surface area contributed by atoms with E-state index in [2.05, 4.69) is 15.2 Å². The van der Waals surface area contributed by atoms with E-state index < -0.39 is 22.8 Å². The summed E-state index contributed by atoms with van der Waals surface area (Å²) in [5, 5.41) is 14.0. The molecular weight excluding hydrogens is 568 g/mol. The molecule has 3 aliphatic rings. The minimum atomic E-state index is -4.59. The summed E-state index contributed by atoms with van der Waals surface area (Å²) < 4.78 is 49.4. The highest BCUT2D eigenvalue weighted by Crippen LogP contribution is 2.46. The number of hydrogen-bond donors (Lipinski definition) is 2. The van der Waals surface area contributed by atoms with E-state index in [9.17, 15) is 23.1 Å². The molecule has 2 aliphatic heterocycles. The van der Waals surface area contributed by atoms with Crippen LogP contribution in [0.2, 0.25) is 10.0 Å². The van der Waals surface area contributed by atoms with E-state index in [0.29, 0.717) is 67.5 Å². The average molecular weight is 597 g/mol. The molecule has 2 N–H and O–H groups in total. The van der Waals surface area contributed by atoms with Crippen molar-refractivity contribution in [3.63, 3.8) is 0 Å². The van der Waals surface area contributed by atoms with Gasteiger partial charge in [-0.25, -0.2) is 4.98 Å². The second-order valence-electron chi connectivity index (χ2n) is 11.6. The van der Waals surface area contributed by atoms with E-state index in [0.717, 1.165) is 11.6 Å². The molecular formula is C28H29Cl2F3N4O3. The molecule has 1 saturated carbocycles. The number of fused-ring (bicyclic) bond motifs is 2. The third kappa shape index (κ3) is 5.04. The summed E-state index contributed by atoms with van der Waals surface area (Å²) in [7, 11) is 0. The van der Waals surface area contributed by atoms with Gasteiger partial charge < -0.3 is 19.7 Å². The lowest BCUT2D eigenvalue weighted by atomic mass is 9.71. The van der Waals surface area contributed by atoms with Gasteiger partial charge in [0.15, 0.2) is 0 Å². The Morgan fingerprint density at radius 2 is 1.90 bits per heavy atom. The van der Waals surface area contributed by atoms with E-state index in [1.54, 1.807) is 13.0 Å². The molecule has 1 spiro atoms. The molecule has 6 rings (SSSR count). The maximum atomic E-state index is 14.0. The maximum absolute atomic E-state index is 14.0. The van der Waals surface area contributed by atoms with Gasteiger partial charge >= 0.3 is 6.18 Å². The fourth-order valence-electron chi connectivity index (χ4n) is 6.37. The lowest BCUT2D eigenvalue weighted by Gasteiger charge is -2.43. The van der Waals surface area contributed by atoms with Crippen LogP contribution in [0.15, 0.2) is 30.6 Å². The van der Waals surface area contributed by atoms with Crippen LogP contribution in [0.3, 0.4) is 0 Å². The summed E-state index contributed by atoms with van der Waals surface area (Å²) in [4.78, 5) is 19.4. The monoisotopic (exact) mass is 596 g/mol. The molecule has 2 aromatic carbocycles. The zero-order valence-electron chi connectivity index (χ0n) is 21.8. The Bertz CT molecular complexity index is 1470. The minimum absolute atomic E-state index is 0.0107. The van der Waals surface area contributed by atoms with Crippen LogP contribution in [0.5, 0.6) is 5.75 Å². The van der Waals surface area contributed by atoms with Gasteiger partial charge in [0.1, 0.15) is 12.4 Å². The number of alkyl halides is 3. The first kappa shape index (κ1) is 27.6. The number of anilines is 1. The van der Waals surface area contributed by atoms with Gasteiger partial charge in [0.05, 0.1) is 44.7 Å². The molecule has 7 nitrogen and oxygen atoms in total. The van der Waals surface area contributed by atoms with E-state index in [-0.39, 0.29) is 35.3 Å². The molecule has 1 aliphatic carbocycles. The zero-order valence-corrected chi connectivity index (χ0v) is 23.3. The second kappa shape index (κ2) is 9.79. The van der Waals surface area contributed by atoms with Crippen molar-refractivity contribution in [3.05, 3.63) is 51.8 Å². The van der Waals surface area contributed by atoms with E-state index >= 15 is 0 Å². The topological polar surface area (TPSA) is 79.6 Å². The van der Waals surface area contributed by atoms with Gasteiger partial charge in [-0.05, 0) is 75.9 Å². The predicted octanol–water partition coefficient (Wildman–Crippen LogP) is 6.10. The lowest BCUT2D eigenvalue weighted by Crippen LogP contribution is -2.50. The molecule has 1 aromatic heterocycles. The van der Waals surface area contributed by atoms with Gasteiger partial charge in [-0.15, -0.1) is 0 Å². The normalized spacial score (nSPS) is 24.6. The lowest BCUT2D eigenvalue weighted by molar-refractivity contribution is -0.136. The average Bonchev–Trinajstić information content (AvgIpc) is 3.27. The van der Waals surface area contributed by atoms with Crippen molar-refractivity contribution in [2.24, 2.45) is 5.41 Å². The van der Waals surface area contributed by atoms with Gasteiger partial charge in [-0.2, -0.15) is 13.2 Å². The summed E-state index contributed by atoms with van der Waals surface area (Å²) in [5.41, 5.74) is -0.447. The highest BCUT2D eigenvalue weighted by Gasteiger charge is 2.45. The van der Waals surface area contributed by atoms with E-state index in [1.807, 2.05) is 6.07 Å². The number of carbonyl (C=O) groups is 1. The number of aliphatic hydroxyl groups is 1. The molecule has 0 radical (unpaired) electrons. The second-order valence-corrected chi connectivity index (χ2v) is 12.4. The number of nitrogens with one attached hydrogen (secondary N) is 1. The summed E-state index contributed by atoms with van der Waals surface area (Å²) in [6.45, 7) is 3.70. The predicted molar refractivity (Wildman–Crippen MR) is 146 cm³/mol. The van der Waals surface area contributed by atoms with E-state index in [4.69, 9.17) is 27.9 Å². The first-order valence-corrected chi connectivity index (χ1v) is 14.0. The number of halogens is 5. The Balaban J connectivity index is 1.10. The standard InChI is InChI=1S/C28H29Cl2F3N4O3/c1-26(39)13-18(14-26)37-15-34-22-11-19(10-20(24(22)37)28(31,32)33)40-7-6-36-4-2-27(3-5-36)12-16-8-17(29)9-21(30)23(16)35-25(27)38/h8-11,15,18,39H,2-7,12-14H2,1H3,(H,35,38). The van der Waals surface area contributed by atoms with Crippen LogP contribution < -0.4 is 10.1 Å². The van der Waals surface area contributed by atoms with Gasteiger partial charge in [0.25, 0.3) is 0 Å². The van der Waals surface area contributed by atoms with Crippen LogP contribution in [0.25, 0.3) is 11.0 Å². The van der Waals surface area contributed by atoms with Gasteiger partial charge in [0, 0.05) is 23.7 Å². The number of carbonyl (C=O) groups excluding carboxylic acids is 1. The minimum Gasteiger partial charge on any atom is -0.492 e. The van der Waals surface area contributed by atoms with Crippen molar-refractivity contribution in [2.75, 3.05) is 31.6 Å². The van der Waals surface area contributed by atoms with Crippen LogP contribution in [0.4, 0.5) is 18.9 Å². The van der Waals surface area contributed by atoms with Crippen LogP contribution >= 0.6 is 23.2 Å². The molecule has 1 amide bonds. The highest BCUT2D eigenvalue weighted by molar-refractivity contribution is 6.37. The fraction of sp³-hybridized carbons (Fsp3) is 0.500. The molecule has 0 bridgehead atoms. The molecule has 0 atom stereocenters. The third-order valence-electron chi connectivity index (χ3n) is 8.57. The molecule has 1 saturated heterocycles. The largest absolute Gasteiger partial charge is 0.492 e. The van der Waals surface area contributed by atoms with Crippen LogP contribution in [-0.4, -0.2) is 57.3 Å². The molecule has 214 valence electrons. The number of imidazole rings is 1. The first-order chi connectivity index (χ1) is 18.8. The number of hydrogen-bond acceptors (Lipinski definition) is 5. The maximum Gasteiger partial charge on any atom is 0.418 e. The smallest absolute Gasteiger partial charge is 0.418 e. The number of rotatable bonds is 5. The van der Waals surface area contributed by atoms with Crippen molar-refractivity contribution in [1.29, 1.82) is 0 Å². The van der Waals surface area contributed by atoms with Crippen molar-refractivity contribution < 1.29 is 27.8 Å². The van der Waals surface area contributed by atoms with Crippen molar-refractivity contribution in [1.82, 2.24) is 14.5 Å². The van der Waals surface area contributed by atoms with Crippen molar-refractivity contribution >= 4 is 45.8 Å². The number of aromatic nitrogens is 2. The SMILES string of the molecule is CC1(O)CC(n2cnc3cc(OCCN4CCC5(CC4)Cc4cc(Cl)cc(Cl)c4NC5=O)cc(C(F)(F)F)c32)C1. The molecule has 3 aromatic rings. The molecule has 2 fully saturated rings. The van der Waals surface area contributed by atoms with Crippen molar-refractivity contribution in [2.45, 2.75) is 56.8 Å². The van der Waals surface area contributed by atoms with Crippen LogP contribution in [0.1, 0.15) is 49.8 Å². The summed E-state index contributed by atoms with van der Waals surface area (Å²) in [6, 6.07) is 5.79. The summed E-state index contributed by atoms with van der Waals surface area (Å²) in [6.07, 6.45) is -0.590. The Morgan fingerprint density at radius 3 is 2.58 bits per heavy atom. The van der Waals surface area contributed by atoms with Crippen LogP contribution in [0, 0.1) is 5.41 Å². The zero-order chi connectivity index (χ0) is 28.4. The van der Waals surface area contributed by atoms with E-state index in [1.165, 1.54) is 17.0 Å². The number of ether oxygens (including phenoxy) is 1. The quantitative estimate of drug-likeness (QED) is 0.372. The summed E-state index contributed by atoms with van der Waals surface area (Å²) >= 11 is 12.5.